The van der Waals surface area contributed by atoms with Gasteiger partial charge in [-0.15, -0.1) is 0 Å². The van der Waals surface area contributed by atoms with Crippen LogP contribution in [0.1, 0.15) is 28.9 Å². The topological polar surface area (TPSA) is 41.1 Å². The number of rotatable bonds is 4. The first kappa shape index (κ1) is 15.0. The number of nitrogens with one attached hydrogen (secondary N) is 2. The van der Waals surface area contributed by atoms with Gasteiger partial charge in [0.25, 0.3) is 5.91 Å². The summed E-state index contributed by atoms with van der Waals surface area (Å²) in [4.78, 5) is 12.2. The highest BCUT2D eigenvalue weighted by molar-refractivity contribution is 5.99. The SMILES string of the molecule is CNc1ccccc1C(=O)NC(C)c1c(F)cccc1F. The van der Waals surface area contributed by atoms with Gasteiger partial charge in [-0.05, 0) is 31.2 Å². The summed E-state index contributed by atoms with van der Waals surface area (Å²) in [5.74, 6) is -1.75. The fraction of sp³-hybridized carbons (Fsp3) is 0.188. The van der Waals surface area contributed by atoms with Crippen molar-refractivity contribution in [2.45, 2.75) is 13.0 Å². The van der Waals surface area contributed by atoms with Gasteiger partial charge in [0.05, 0.1) is 11.6 Å². The molecule has 1 atom stereocenters. The maximum Gasteiger partial charge on any atom is 0.253 e. The zero-order valence-corrected chi connectivity index (χ0v) is 11.8. The molecule has 1 unspecified atom stereocenters. The standard InChI is InChI=1S/C16H16F2N2O/c1-10(15-12(17)7-5-8-13(15)18)20-16(21)11-6-3-4-9-14(11)19-2/h3-10,19H,1-2H3,(H,20,21). The normalized spacial score (nSPS) is 11.8. The van der Waals surface area contributed by atoms with E-state index in [1.54, 1.807) is 38.2 Å². The fourth-order valence-electron chi connectivity index (χ4n) is 2.17. The van der Waals surface area contributed by atoms with Crippen LogP contribution in [0.3, 0.4) is 0 Å². The van der Waals surface area contributed by atoms with Gasteiger partial charge >= 0.3 is 0 Å². The summed E-state index contributed by atoms with van der Waals surface area (Å²) in [6, 6.07) is 9.77. The molecule has 0 aliphatic heterocycles. The molecular weight excluding hydrogens is 274 g/mol. The molecule has 0 radical (unpaired) electrons. The first-order valence-corrected chi connectivity index (χ1v) is 6.56. The minimum absolute atomic E-state index is 0.146. The Bertz CT molecular complexity index is 638. The molecule has 0 bridgehead atoms. The van der Waals surface area contributed by atoms with Crippen LogP contribution in [0.2, 0.25) is 0 Å². The van der Waals surface area contributed by atoms with Gasteiger partial charge in [-0.3, -0.25) is 4.79 Å². The van der Waals surface area contributed by atoms with Crippen molar-refractivity contribution in [2.75, 3.05) is 12.4 Å². The van der Waals surface area contributed by atoms with E-state index in [9.17, 15) is 13.6 Å². The zero-order chi connectivity index (χ0) is 15.4. The molecular formula is C16H16F2N2O. The summed E-state index contributed by atoms with van der Waals surface area (Å²) in [6.45, 7) is 1.54. The number of anilines is 1. The van der Waals surface area contributed by atoms with Crippen molar-refractivity contribution in [3.63, 3.8) is 0 Å². The second-order valence-corrected chi connectivity index (χ2v) is 4.63. The van der Waals surface area contributed by atoms with Gasteiger partial charge < -0.3 is 10.6 Å². The maximum atomic E-state index is 13.7. The van der Waals surface area contributed by atoms with Gasteiger partial charge in [-0.1, -0.05) is 18.2 Å². The van der Waals surface area contributed by atoms with E-state index in [0.29, 0.717) is 11.3 Å². The minimum atomic E-state index is -0.774. The van der Waals surface area contributed by atoms with Gasteiger partial charge in [-0.25, -0.2) is 8.78 Å². The second-order valence-electron chi connectivity index (χ2n) is 4.63. The number of hydrogen-bond acceptors (Lipinski definition) is 2. The summed E-state index contributed by atoms with van der Waals surface area (Å²) in [5.41, 5.74) is 0.924. The third-order valence-corrected chi connectivity index (χ3v) is 3.22. The molecule has 0 saturated heterocycles. The Kier molecular flexibility index (Phi) is 4.52. The summed E-state index contributed by atoms with van der Waals surface area (Å²) in [7, 11) is 1.70. The molecule has 2 rings (SSSR count). The lowest BCUT2D eigenvalue weighted by Crippen LogP contribution is -2.28. The van der Waals surface area contributed by atoms with E-state index < -0.39 is 23.6 Å². The molecule has 2 N–H and O–H groups in total. The number of halogens is 2. The van der Waals surface area contributed by atoms with Gasteiger partial charge in [0.15, 0.2) is 0 Å². The Morgan fingerprint density at radius 3 is 2.29 bits per heavy atom. The van der Waals surface area contributed by atoms with Crippen LogP contribution < -0.4 is 10.6 Å². The van der Waals surface area contributed by atoms with Crippen LogP contribution in [0.15, 0.2) is 42.5 Å². The van der Waals surface area contributed by atoms with Crippen molar-refractivity contribution in [1.29, 1.82) is 0 Å². The van der Waals surface area contributed by atoms with Crippen LogP contribution >= 0.6 is 0 Å². The average molecular weight is 290 g/mol. The van der Waals surface area contributed by atoms with E-state index in [1.807, 2.05) is 0 Å². The van der Waals surface area contributed by atoms with E-state index >= 15 is 0 Å². The summed E-state index contributed by atoms with van der Waals surface area (Å²) < 4.78 is 27.4. The maximum absolute atomic E-state index is 13.7. The third-order valence-electron chi connectivity index (χ3n) is 3.22. The van der Waals surface area contributed by atoms with Crippen LogP contribution in [0.5, 0.6) is 0 Å². The molecule has 1 amide bonds. The van der Waals surface area contributed by atoms with Crippen molar-refractivity contribution in [2.24, 2.45) is 0 Å². The van der Waals surface area contributed by atoms with Crippen molar-refractivity contribution < 1.29 is 13.6 Å². The second kappa shape index (κ2) is 6.35. The molecule has 3 nitrogen and oxygen atoms in total. The van der Waals surface area contributed by atoms with Crippen molar-refractivity contribution in [3.8, 4) is 0 Å². The molecule has 5 heteroatoms. The molecule has 0 spiro atoms. The first-order valence-electron chi connectivity index (χ1n) is 6.56. The molecule has 0 fully saturated rings. The van der Waals surface area contributed by atoms with Crippen molar-refractivity contribution in [1.82, 2.24) is 5.32 Å². The van der Waals surface area contributed by atoms with E-state index in [-0.39, 0.29) is 5.56 Å². The van der Waals surface area contributed by atoms with Gasteiger partial charge in [0.2, 0.25) is 0 Å². The Labute approximate surface area is 122 Å². The monoisotopic (exact) mass is 290 g/mol. The van der Waals surface area contributed by atoms with Gasteiger partial charge in [-0.2, -0.15) is 0 Å². The molecule has 2 aromatic carbocycles. The first-order chi connectivity index (χ1) is 10.0. The fourth-order valence-corrected chi connectivity index (χ4v) is 2.17. The smallest absolute Gasteiger partial charge is 0.253 e. The Hall–Kier alpha value is -2.43. The highest BCUT2D eigenvalue weighted by atomic mass is 19.1. The van der Waals surface area contributed by atoms with E-state index in [1.165, 1.54) is 18.2 Å². The van der Waals surface area contributed by atoms with Crippen molar-refractivity contribution in [3.05, 3.63) is 65.2 Å². The van der Waals surface area contributed by atoms with E-state index in [2.05, 4.69) is 10.6 Å². The Morgan fingerprint density at radius 1 is 1.05 bits per heavy atom. The summed E-state index contributed by atoms with van der Waals surface area (Å²) >= 11 is 0. The highest BCUT2D eigenvalue weighted by Gasteiger charge is 2.19. The van der Waals surface area contributed by atoms with Crippen LogP contribution in [0.25, 0.3) is 0 Å². The molecule has 2 aromatic rings. The summed E-state index contributed by atoms with van der Waals surface area (Å²) in [6.07, 6.45) is 0. The quantitative estimate of drug-likeness (QED) is 0.905. The molecule has 110 valence electrons. The minimum Gasteiger partial charge on any atom is -0.387 e. The number of carbonyl (C=O) groups is 1. The van der Waals surface area contributed by atoms with Crippen LogP contribution in [-0.2, 0) is 0 Å². The number of benzene rings is 2. The van der Waals surface area contributed by atoms with Gasteiger partial charge in [0, 0.05) is 18.3 Å². The van der Waals surface area contributed by atoms with Crippen molar-refractivity contribution >= 4 is 11.6 Å². The largest absolute Gasteiger partial charge is 0.387 e. The molecule has 21 heavy (non-hydrogen) atoms. The molecule has 0 aliphatic rings. The lowest BCUT2D eigenvalue weighted by Gasteiger charge is -2.17. The number of hydrogen-bond donors (Lipinski definition) is 2. The lowest BCUT2D eigenvalue weighted by atomic mass is 10.1. The van der Waals surface area contributed by atoms with Gasteiger partial charge in [0.1, 0.15) is 11.6 Å². The lowest BCUT2D eigenvalue weighted by molar-refractivity contribution is 0.0939. The van der Waals surface area contributed by atoms with E-state index in [0.717, 1.165) is 0 Å². The summed E-state index contributed by atoms with van der Waals surface area (Å²) in [5, 5.41) is 5.51. The number of carbonyl (C=O) groups excluding carboxylic acids is 1. The molecule has 0 aromatic heterocycles. The highest BCUT2D eigenvalue weighted by Crippen LogP contribution is 2.22. The Balaban J connectivity index is 2.23. The molecule has 0 heterocycles. The Morgan fingerprint density at radius 2 is 1.67 bits per heavy atom. The average Bonchev–Trinajstić information content (AvgIpc) is 2.46. The third kappa shape index (κ3) is 3.18. The molecule has 0 saturated carbocycles. The van der Waals surface area contributed by atoms with Crippen LogP contribution in [-0.4, -0.2) is 13.0 Å². The number of amides is 1. The predicted octanol–water partition coefficient (Wildman–Crippen LogP) is 3.50. The predicted molar refractivity (Wildman–Crippen MR) is 78.2 cm³/mol. The van der Waals surface area contributed by atoms with Crippen LogP contribution in [0.4, 0.5) is 14.5 Å². The zero-order valence-electron chi connectivity index (χ0n) is 11.8. The van der Waals surface area contributed by atoms with E-state index in [4.69, 9.17) is 0 Å². The number of para-hydroxylation sites is 1. The van der Waals surface area contributed by atoms with Crippen LogP contribution in [0, 0.1) is 11.6 Å². The molecule has 0 aliphatic carbocycles.